The van der Waals surface area contributed by atoms with E-state index in [1.807, 2.05) is 12.1 Å². The highest BCUT2D eigenvalue weighted by molar-refractivity contribution is 6.30. The van der Waals surface area contributed by atoms with Crippen molar-refractivity contribution in [2.45, 2.75) is 57.4 Å². The molecule has 2 aliphatic carbocycles. The van der Waals surface area contributed by atoms with Crippen molar-refractivity contribution in [1.29, 1.82) is 0 Å². The van der Waals surface area contributed by atoms with Crippen LogP contribution in [0.5, 0.6) is 0 Å². The van der Waals surface area contributed by atoms with Crippen LogP contribution in [-0.2, 0) is 6.42 Å². The summed E-state index contributed by atoms with van der Waals surface area (Å²) in [5, 5.41) is 4.62. The molecule has 1 aromatic rings. The van der Waals surface area contributed by atoms with Crippen LogP contribution in [0.4, 0.5) is 0 Å². The molecule has 0 radical (unpaired) electrons. The lowest BCUT2D eigenvalue weighted by Gasteiger charge is -2.39. The van der Waals surface area contributed by atoms with Gasteiger partial charge in [0.15, 0.2) is 0 Å². The van der Waals surface area contributed by atoms with Crippen molar-refractivity contribution in [3.8, 4) is 0 Å². The molecule has 0 saturated heterocycles. The molecular weight excluding hydrogens is 266 g/mol. The van der Waals surface area contributed by atoms with Crippen molar-refractivity contribution in [3.63, 3.8) is 0 Å². The molecule has 1 nitrogen and oxygen atoms in total. The van der Waals surface area contributed by atoms with E-state index in [1.54, 1.807) is 0 Å². The quantitative estimate of drug-likeness (QED) is 0.838. The zero-order valence-electron chi connectivity index (χ0n) is 12.3. The number of hydrogen-bond acceptors (Lipinski definition) is 1. The first-order valence-corrected chi connectivity index (χ1v) is 8.67. The average Bonchev–Trinajstić information content (AvgIpc) is 2.49. The highest BCUT2D eigenvalue weighted by Gasteiger charge is 2.31. The van der Waals surface area contributed by atoms with Crippen molar-refractivity contribution >= 4 is 11.6 Å². The minimum atomic E-state index is 0.765. The fourth-order valence-electron chi connectivity index (χ4n) is 4.13. The van der Waals surface area contributed by atoms with E-state index in [9.17, 15) is 0 Å². The van der Waals surface area contributed by atoms with Gasteiger partial charge in [-0.25, -0.2) is 0 Å². The van der Waals surface area contributed by atoms with E-state index in [0.29, 0.717) is 0 Å². The van der Waals surface area contributed by atoms with Crippen LogP contribution in [0.3, 0.4) is 0 Å². The van der Waals surface area contributed by atoms with Gasteiger partial charge < -0.3 is 5.32 Å². The summed E-state index contributed by atoms with van der Waals surface area (Å²) in [6, 6.07) is 9.03. The summed E-state index contributed by atoms with van der Waals surface area (Å²) < 4.78 is 0. The van der Waals surface area contributed by atoms with Gasteiger partial charge in [0.1, 0.15) is 0 Å². The molecule has 2 heteroatoms. The Bertz CT molecular complexity index is 414. The van der Waals surface area contributed by atoms with Crippen LogP contribution in [0.2, 0.25) is 5.02 Å². The van der Waals surface area contributed by atoms with Crippen LogP contribution in [-0.4, -0.2) is 12.6 Å². The molecule has 1 N–H and O–H groups in total. The van der Waals surface area contributed by atoms with E-state index < -0.39 is 0 Å². The Morgan fingerprint density at radius 2 is 1.70 bits per heavy atom. The van der Waals surface area contributed by atoms with Crippen molar-refractivity contribution in [2.24, 2.45) is 11.8 Å². The van der Waals surface area contributed by atoms with Crippen LogP contribution in [0, 0.1) is 11.8 Å². The van der Waals surface area contributed by atoms with Gasteiger partial charge in [-0.05, 0) is 61.8 Å². The third-order valence-electron chi connectivity index (χ3n) is 5.30. The molecule has 3 atom stereocenters. The van der Waals surface area contributed by atoms with Gasteiger partial charge in [0, 0.05) is 11.1 Å². The number of halogens is 1. The molecule has 0 spiro atoms. The normalized spacial score (nSPS) is 29.9. The summed E-state index contributed by atoms with van der Waals surface area (Å²) in [6.07, 6.45) is 11.3. The molecule has 0 aliphatic heterocycles. The van der Waals surface area contributed by atoms with Crippen LogP contribution >= 0.6 is 11.6 Å². The third-order valence-corrected chi connectivity index (χ3v) is 5.55. The molecule has 110 valence electrons. The van der Waals surface area contributed by atoms with Crippen LogP contribution in [0.15, 0.2) is 24.3 Å². The zero-order valence-corrected chi connectivity index (χ0v) is 13.0. The van der Waals surface area contributed by atoms with E-state index in [2.05, 4.69) is 17.4 Å². The van der Waals surface area contributed by atoms with Gasteiger partial charge in [-0.15, -0.1) is 0 Å². The Morgan fingerprint density at radius 3 is 2.50 bits per heavy atom. The minimum Gasteiger partial charge on any atom is -0.314 e. The molecular formula is C18H26ClN. The molecule has 0 heterocycles. The van der Waals surface area contributed by atoms with Gasteiger partial charge in [-0.2, -0.15) is 0 Å². The Labute approximate surface area is 128 Å². The predicted octanol–water partition coefficient (Wildman–Crippen LogP) is 4.83. The first kappa shape index (κ1) is 14.4. The lowest BCUT2D eigenvalue weighted by Crippen LogP contribution is -2.39. The van der Waals surface area contributed by atoms with Crippen LogP contribution in [0.25, 0.3) is 0 Å². The molecule has 1 aromatic carbocycles. The fraction of sp³-hybridized carbons (Fsp3) is 0.667. The molecule has 2 aliphatic rings. The molecule has 2 saturated carbocycles. The summed E-state index contributed by atoms with van der Waals surface area (Å²) in [6.45, 7) is 1.10. The van der Waals surface area contributed by atoms with E-state index in [4.69, 9.17) is 11.6 Å². The van der Waals surface area contributed by atoms with Gasteiger partial charge in [-0.3, -0.25) is 0 Å². The van der Waals surface area contributed by atoms with Gasteiger partial charge in [0.2, 0.25) is 0 Å². The topological polar surface area (TPSA) is 12.0 Å². The smallest absolute Gasteiger partial charge is 0.0406 e. The third kappa shape index (κ3) is 3.77. The van der Waals surface area contributed by atoms with Crippen molar-refractivity contribution in [3.05, 3.63) is 34.9 Å². The molecule has 0 bridgehead atoms. The summed E-state index contributed by atoms with van der Waals surface area (Å²) >= 11 is 5.92. The zero-order chi connectivity index (χ0) is 13.8. The van der Waals surface area contributed by atoms with Gasteiger partial charge >= 0.3 is 0 Å². The molecule has 2 fully saturated rings. The maximum Gasteiger partial charge on any atom is 0.0406 e. The second-order valence-electron chi connectivity index (χ2n) is 6.65. The van der Waals surface area contributed by atoms with Gasteiger partial charge in [0.05, 0.1) is 0 Å². The van der Waals surface area contributed by atoms with E-state index in [-0.39, 0.29) is 0 Å². The van der Waals surface area contributed by atoms with Crippen molar-refractivity contribution in [1.82, 2.24) is 5.32 Å². The minimum absolute atomic E-state index is 0.765. The Hall–Kier alpha value is -0.530. The molecule has 20 heavy (non-hydrogen) atoms. The number of rotatable bonds is 4. The first-order valence-electron chi connectivity index (χ1n) is 8.29. The lowest BCUT2D eigenvalue weighted by atomic mass is 9.69. The lowest BCUT2D eigenvalue weighted by molar-refractivity contribution is 0.144. The molecule has 3 unspecified atom stereocenters. The first-order chi connectivity index (χ1) is 9.81. The number of fused-ring (bicyclic) bond motifs is 1. The summed E-state index contributed by atoms with van der Waals surface area (Å²) in [5.41, 5.74) is 1.38. The average molecular weight is 292 g/mol. The summed E-state index contributed by atoms with van der Waals surface area (Å²) in [7, 11) is 0. The largest absolute Gasteiger partial charge is 0.314 e. The molecule has 0 amide bonds. The highest BCUT2D eigenvalue weighted by Crippen LogP contribution is 2.40. The summed E-state index contributed by atoms with van der Waals surface area (Å²) in [4.78, 5) is 0. The Morgan fingerprint density at radius 1 is 0.950 bits per heavy atom. The maximum absolute atomic E-state index is 5.92. The number of benzene rings is 1. The van der Waals surface area contributed by atoms with Crippen molar-refractivity contribution < 1.29 is 0 Å². The molecule has 0 aromatic heterocycles. The van der Waals surface area contributed by atoms with E-state index in [0.717, 1.165) is 35.9 Å². The van der Waals surface area contributed by atoms with Gasteiger partial charge in [0.25, 0.3) is 0 Å². The second kappa shape index (κ2) is 6.95. The van der Waals surface area contributed by atoms with E-state index in [1.165, 1.54) is 50.5 Å². The molecule has 3 rings (SSSR count). The van der Waals surface area contributed by atoms with Gasteiger partial charge in [-0.1, -0.05) is 49.4 Å². The standard InChI is InChI=1S/C18H26ClN/c19-17-8-5-14(6-9-17)11-12-20-18-10-7-15-3-1-2-4-16(15)13-18/h5-6,8-9,15-16,18,20H,1-4,7,10-13H2. The van der Waals surface area contributed by atoms with Crippen LogP contribution < -0.4 is 5.32 Å². The number of nitrogens with one attached hydrogen (secondary N) is 1. The second-order valence-corrected chi connectivity index (χ2v) is 7.08. The Kier molecular flexibility index (Phi) is 5.01. The number of hydrogen-bond donors (Lipinski definition) is 1. The van der Waals surface area contributed by atoms with Crippen LogP contribution in [0.1, 0.15) is 50.5 Å². The Balaban J connectivity index is 1.41. The highest BCUT2D eigenvalue weighted by atomic mass is 35.5. The SMILES string of the molecule is Clc1ccc(CCNC2CCC3CCCCC3C2)cc1. The van der Waals surface area contributed by atoms with Crippen molar-refractivity contribution in [2.75, 3.05) is 6.54 Å². The predicted molar refractivity (Wildman–Crippen MR) is 86.2 cm³/mol. The monoisotopic (exact) mass is 291 g/mol. The maximum atomic E-state index is 5.92. The summed E-state index contributed by atoms with van der Waals surface area (Å²) in [5.74, 6) is 2.07. The fourth-order valence-corrected chi connectivity index (χ4v) is 4.26. The van der Waals surface area contributed by atoms with E-state index >= 15 is 0 Å².